The van der Waals surface area contributed by atoms with Crippen LogP contribution in [0.5, 0.6) is 0 Å². The van der Waals surface area contributed by atoms with Crippen LogP contribution < -0.4 is 5.32 Å². The van der Waals surface area contributed by atoms with Crippen molar-refractivity contribution in [3.8, 4) is 0 Å². The topological polar surface area (TPSA) is 69.6 Å². The molecule has 0 radical (unpaired) electrons. The van der Waals surface area contributed by atoms with Gasteiger partial charge in [-0.15, -0.1) is 0 Å². The van der Waals surface area contributed by atoms with Gasteiger partial charge in [0, 0.05) is 17.5 Å². The van der Waals surface area contributed by atoms with E-state index in [9.17, 15) is 14.7 Å². The van der Waals surface area contributed by atoms with Crippen LogP contribution in [0.3, 0.4) is 0 Å². The zero-order valence-corrected chi connectivity index (χ0v) is 10.8. The van der Waals surface area contributed by atoms with Gasteiger partial charge in [-0.1, -0.05) is 30.4 Å². The number of carbonyl (C=O) groups is 2. The highest BCUT2D eigenvalue weighted by atomic mass is 32.1. The van der Waals surface area contributed by atoms with E-state index in [2.05, 4.69) is 5.32 Å². The fourth-order valence-corrected chi connectivity index (χ4v) is 2.79. The van der Waals surface area contributed by atoms with E-state index in [0.717, 1.165) is 0 Å². The molecule has 2 heterocycles. The summed E-state index contributed by atoms with van der Waals surface area (Å²) >= 11 is 4.94. The molecule has 6 heteroatoms. The number of thiocarbonyl (C=S) groups is 1. The zero-order chi connectivity index (χ0) is 13.6. The summed E-state index contributed by atoms with van der Waals surface area (Å²) in [4.78, 5) is 25.9. The van der Waals surface area contributed by atoms with Crippen LogP contribution in [0.25, 0.3) is 0 Å². The predicted octanol–water partition coefficient (Wildman–Crippen LogP) is 0.739. The van der Waals surface area contributed by atoms with Gasteiger partial charge in [0.25, 0.3) is 5.91 Å². The molecule has 2 amide bonds. The van der Waals surface area contributed by atoms with Crippen LogP contribution in [0.4, 0.5) is 0 Å². The lowest BCUT2D eigenvalue weighted by molar-refractivity contribution is -0.128. The van der Waals surface area contributed by atoms with Gasteiger partial charge in [-0.3, -0.25) is 14.5 Å². The average molecular weight is 276 g/mol. The number of amides is 2. The summed E-state index contributed by atoms with van der Waals surface area (Å²) in [6, 6.07) is 6.19. The fourth-order valence-electron chi connectivity index (χ4n) is 2.58. The van der Waals surface area contributed by atoms with Crippen molar-refractivity contribution in [2.75, 3.05) is 0 Å². The van der Waals surface area contributed by atoms with Crippen LogP contribution in [0.2, 0.25) is 0 Å². The Labute approximate surface area is 115 Å². The Kier molecular flexibility index (Phi) is 2.83. The van der Waals surface area contributed by atoms with E-state index in [1.807, 2.05) is 0 Å². The maximum absolute atomic E-state index is 12.3. The van der Waals surface area contributed by atoms with Crippen molar-refractivity contribution in [2.24, 2.45) is 0 Å². The molecule has 1 aromatic carbocycles. The van der Waals surface area contributed by atoms with Gasteiger partial charge in [-0.2, -0.15) is 0 Å². The second-order valence-corrected chi connectivity index (χ2v) is 5.13. The summed E-state index contributed by atoms with van der Waals surface area (Å²) in [6.45, 7) is 0. The zero-order valence-electron chi connectivity index (χ0n) is 10.00. The Morgan fingerprint density at radius 2 is 2.05 bits per heavy atom. The summed E-state index contributed by atoms with van der Waals surface area (Å²) in [5.41, 5.74) is 1.00. The number of aliphatic hydroxyl groups excluding tert-OH is 1. The van der Waals surface area contributed by atoms with Crippen LogP contribution in [0.1, 0.15) is 35.0 Å². The number of benzene rings is 1. The molecule has 2 unspecified atom stereocenters. The van der Waals surface area contributed by atoms with Crippen LogP contribution in [0, 0.1) is 0 Å². The average Bonchev–Trinajstić information content (AvgIpc) is 2.64. The summed E-state index contributed by atoms with van der Waals surface area (Å²) in [5.74, 6) is -0.632. The van der Waals surface area contributed by atoms with Crippen molar-refractivity contribution < 1.29 is 14.7 Å². The molecule has 0 aromatic heterocycles. The first-order valence-corrected chi connectivity index (χ1v) is 6.44. The molecule has 2 atom stereocenters. The number of hydrogen-bond donors (Lipinski definition) is 2. The molecule has 3 rings (SSSR count). The van der Waals surface area contributed by atoms with Gasteiger partial charge in [0.2, 0.25) is 5.91 Å². The largest absolute Gasteiger partial charge is 0.369 e. The quantitative estimate of drug-likeness (QED) is 0.742. The Morgan fingerprint density at radius 1 is 1.32 bits per heavy atom. The minimum absolute atomic E-state index is 0.309. The molecule has 1 saturated heterocycles. The van der Waals surface area contributed by atoms with Crippen LogP contribution in [-0.4, -0.2) is 32.9 Å². The molecule has 19 heavy (non-hydrogen) atoms. The van der Waals surface area contributed by atoms with Crippen LogP contribution in [-0.2, 0) is 4.79 Å². The minimum Gasteiger partial charge on any atom is -0.369 e. The second kappa shape index (κ2) is 4.40. The lowest BCUT2D eigenvalue weighted by atomic mass is 10.0. The lowest BCUT2D eigenvalue weighted by Gasteiger charge is -2.32. The lowest BCUT2D eigenvalue weighted by Crippen LogP contribution is -2.53. The molecule has 1 fully saturated rings. The molecule has 0 saturated carbocycles. The van der Waals surface area contributed by atoms with E-state index < -0.39 is 12.3 Å². The van der Waals surface area contributed by atoms with E-state index in [-0.39, 0.29) is 11.8 Å². The third kappa shape index (κ3) is 1.84. The number of nitrogens with zero attached hydrogens (tertiary/aromatic N) is 1. The highest BCUT2D eigenvalue weighted by Crippen LogP contribution is 2.34. The first-order chi connectivity index (χ1) is 9.09. The Morgan fingerprint density at radius 3 is 2.74 bits per heavy atom. The number of aliphatic hydroxyl groups is 1. The Hall–Kier alpha value is -1.79. The molecule has 0 spiro atoms. The summed E-state index contributed by atoms with van der Waals surface area (Å²) < 4.78 is 0. The first kappa shape index (κ1) is 12.3. The second-order valence-electron chi connectivity index (χ2n) is 4.64. The van der Waals surface area contributed by atoms with Crippen LogP contribution >= 0.6 is 12.2 Å². The standard InChI is InChI=1S/C13H12N2O3S/c16-11-9(5-6-10(19)14-11)15-12(17)7-3-1-2-4-8(7)13(15)18/h1-4,9,12,17H,5-6H2,(H,14,16,19). The number of piperidine rings is 1. The first-order valence-electron chi connectivity index (χ1n) is 6.03. The highest BCUT2D eigenvalue weighted by Gasteiger charge is 2.43. The SMILES string of the molecule is O=C1NC(=S)CCC1N1C(=O)c2ccccc2C1O. The van der Waals surface area contributed by atoms with Gasteiger partial charge in [-0.25, -0.2) is 0 Å². The summed E-state index contributed by atoms with van der Waals surface area (Å²) in [6.07, 6.45) is -0.0776. The Balaban J connectivity index is 1.94. The molecule has 0 bridgehead atoms. The van der Waals surface area contributed by atoms with E-state index in [1.165, 1.54) is 4.90 Å². The minimum atomic E-state index is -1.06. The predicted molar refractivity (Wildman–Crippen MR) is 71.3 cm³/mol. The van der Waals surface area contributed by atoms with Crippen molar-refractivity contribution >= 4 is 29.0 Å². The van der Waals surface area contributed by atoms with E-state index in [1.54, 1.807) is 24.3 Å². The maximum Gasteiger partial charge on any atom is 0.257 e. The highest BCUT2D eigenvalue weighted by molar-refractivity contribution is 7.80. The van der Waals surface area contributed by atoms with Crippen molar-refractivity contribution in [1.29, 1.82) is 0 Å². The number of rotatable bonds is 1. The van der Waals surface area contributed by atoms with Crippen LogP contribution in [0.15, 0.2) is 24.3 Å². The molecular formula is C13H12N2O3S. The molecule has 98 valence electrons. The fraction of sp³-hybridized carbons (Fsp3) is 0.308. The molecule has 5 nitrogen and oxygen atoms in total. The number of nitrogens with one attached hydrogen (secondary N) is 1. The molecular weight excluding hydrogens is 264 g/mol. The molecule has 2 aliphatic heterocycles. The molecule has 1 aromatic rings. The normalized spacial score (nSPS) is 26.4. The monoisotopic (exact) mass is 276 g/mol. The number of fused-ring (bicyclic) bond motifs is 1. The van der Waals surface area contributed by atoms with Gasteiger partial charge >= 0.3 is 0 Å². The van der Waals surface area contributed by atoms with Crippen molar-refractivity contribution in [1.82, 2.24) is 10.2 Å². The Bertz CT molecular complexity index is 587. The van der Waals surface area contributed by atoms with E-state index in [4.69, 9.17) is 12.2 Å². The smallest absolute Gasteiger partial charge is 0.257 e. The molecule has 2 N–H and O–H groups in total. The van der Waals surface area contributed by atoms with Crippen molar-refractivity contribution in [3.05, 3.63) is 35.4 Å². The van der Waals surface area contributed by atoms with E-state index in [0.29, 0.717) is 29.0 Å². The summed E-state index contributed by atoms with van der Waals surface area (Å²) in [5, 5.41) is 12.8. The van der Waals surface area contributed by atoms with Gasteiger partial charge < -0.3 is 10.4 Å². The van der Waals surface area contributed by atoms with Gasteiger partial charge in [0.05, 0.1) is 4.99 Å². The maximum atomic E-state index is 12.3. The van der Waals surface area contributed by atoms with Gasteiger partial charge in [-0.05, 0) is 12.5 Å². The number of carbonyl (C=O) groups excluding carboxylic acids is 2. The van der Waals surface area contributed by atoms with Gasteiger partial charge in [0.1, 0.15) is 6.04 Å². The summed E-state index contributed by atoms with van der Waals surface area (Å²) in [7, 11) is 0. The molecule has 0 aliphatic carbocycles. The van der Waals surface area contributed by atoms with E-state index >= 15 is 0 Å². The van der Waals surface area contributed by atoms with Crippen molar-refractivity contribution in [3.63, 3.8) is 0 Å². The van der Waals surface area contributed by atoms with Gasteiger partial charge in [0.15, 0.2) is 6.23 Å². The third-order valence-corrected chi connectivity index (χ3v) is 3.82. The molecule has 2 aliphatic rings. The third-order valence-electron chi connectivity index (χ3n) is 3.51. The number of hydrogen-bond acceptors (Lipinski definition) is 4. The van der Waals surface area contributed by atoms with Crippen molar-refractivity contribution in [2.45, 2.75) is 25.1 Å².